The lowest BCUT2D eigenvalue weighted by Crippen LogP contribution is -2.12. The standard InChI is InChI=1S/C16H20N2S/c1-4-17-11-14-6-5-9-18-16(14)19-15-8-7-12(2)10-13(15)3/h5-10,17H,4,11H2,1-3H3. The van der Waals surface area contributed by atoms with Gasteiger partial charge in [-0.15, -0.1) is 0 Å². The van der Waals surface area contributed by atoms with Crippen LogP contribution in [0.5, 0.6) is 0 Å². The Morgan fingerprint density at radius 3 is 2.79 bits per heavy atom. The van der Waals surface area contributed by atoms with E-state index in [4.69, 9.17) is 0 Å². The zero-order valence-corrected chi connectivity index (χ0v) is 12.6. The second-order valence-electron chi connectivity index (χ2n) is 4.62. The molecule has 0 radical (unpaired) electrons. The van der Waals surface area contributed by atoms with Gasteiger partial charge in [0.05, 0.1) is 0 Å². The quantitative estimate of drug-likeness (QED) is 0.892. The van der Waals surface area contributed by atoms with Crippen molar-refractivity contribution in [2.24, 2.45) is 0 Å². The molecule has 0 saturated heterocycles. The van der Waals surface area contributed by atoms with Crippen molar-refractivity contribution in [3.63, 3.8) is 0 Å². The summed E-state index contributed by atoms with van der Waals surface area (Å²) in [6.45, 7) is 8.24. The number of hydrogen-bond acceptors (Lipinski definition) is 3. The van der Waals surface area contributed by atoms with E-state index in [0.717, 1.165) is 18.1 Å². The van der Waals surface area contributed by atoms with Gasteiger partial charge in [0.25, 0.3) is 0 Å². The molecule has 2 rings (SSSR count). The number of rotatable bonds is 5. The van der Waals surface area contributed by atoms with Crippen LogP contribution in [0.2, 0.25) is 0 Å². The summed E-state index contributed by atoms with van der Waals surface area (Å²) in [6.07, 6.45) is 1.86. The first-order valence-corrected chi connectivity index (χ1v) is 7.42. The Labute approximate surface area is 119 Å². The second kappa shape index (κ2) is 6.73. The van der Waals surface area contributed by atoms with Crippen LogP contribution in [0.1, 0.15) is 23.6 Å². The summed E-state index contributed by atoms with van der Waals surface area (Å²) in [5, 5.41) is 4.45. The van der Waals surface area contributed by atoms with Crippen LogP contribution in [-0.2, 0) is 6.54 Å². The van der Waals surface area contributed by atoms with E-state index in [9.17, 15) is 0 Å². The molecule has 19 heavy (non-hydrogen) atoms. The fourth-order valence-corrected chi connectivity index (χ4v) is 2.88. The highest BCUT2D eigenvalue weighted by Crippen LogP contribution is 2.31. The van der Waals surface area contributed by atoms with E-state index < -0.39 is 0 Å². The molecule has 3 heteroatoms. The Morgan fingerprint density at radius 1 is 1.21 bits per heavy atom. The molecule has 0 aliphatic carbocycles. The molecule has 0 aliphatic rings. The molecule has 1 aromatic carbocycles. The Bertz CT molecular complexity index is 552. The summed E-state index contributed by atoms with van der Waals surface area (Å²) in [4.78, 5) is 5.79. The fourth-order valence-electron chi connectivity index (χ4n) is 1.93. The van der Waals surface area contributed by atoms with Crippen LogP contribution in [-0.4, -0.2) is 11.5 Å². The first kappa shape index (κ1) is 14.1. The Kier molecular flexibility index (Phi) is 5.00. The van der Waals surface area contributed by atoms with Crippen molar-refractivity contribution in [1.29, 1.82) is 0 Å². The highest BCUT2D eigenvalue weighted by atomic mass is 32.2. The summed E-state index contributed by atoms with van der Waals surface area (Å²) in [6, 6.07) is 10.7. The minimum Gasteiger partial charge on any atom is -0.313 e. The van der Waals surface area contributed by atoms with Crippen molar-refractivity contribution in [3.8, 4) is 0 Å². The molecular weight excluding hydrogens is 252 g/mol. The van der Waals surface area contributed by atoms with Crippen LogP contribution in [0, 0.1) is 13.8 Å². The molecule has 0 atom stereocenters. The largest absolute Gasteiger partial charge is 0.313 e. The first-order valence-electron chi connectivity index (χ1n) is 6.60. The normalized spacial score (nSPS) is 10.7. The maximum Gasteiger partial charge on any atom is 0.105 e. The maximum absolute atomic E-state index is 4.51. The minimum atomic E-state index is 0.873. The number of hydrogen-bond donors (Lipinski definition) is 1. The highest BCUT2D eigenvalue weighted by Gasteiger charge is 2.07. The molecule has 0 bridgehead atoms. The molecule has 1 N–H and O–H groups in total. The first-order chi connectivity index (χ1) is 9.20. The van der Waals surface area contributed by atoms with Gasteiger partial charge in [-0.3, -0.25) is 0 Å². The van der Waals surface area contributed by atoms with E-state index in [-0.39, 0.29) is 0 Å². The number of pyridine rings is 1. The minimum absolute atomic E-state index is 0.873. The molecule has 0 unspecified atom stereocenters. The molecule has 2 nitrogen and oxygen atoms in total. The van der Waals surface area contributed by atoms with Gasteiger partial charge >= 0.3 is 0 Å². The van der Waals surface area contributed by atoms with E-state index in [1.54, 1.807) is 11.8 Å². The predicted molar refractivity (Wildman–Crippen MR) is 81.7 cm³/mol. The Hall–Kier alpha value is -1.32. The third-order valence-corrected chi connectivity index (χ3v) is 4.19. The predicted octanol–water partition coefficient (Wildman–Crippen LogP) is 3.96. The molecule has 100 valence electrons. The molecule has 0 spiro atoms. The third-order valence-electron chi connectivity index (χ3n) is 2.95. The van der Waals surface area contributed by atoms with Crippen molar-refractivity contribution >= 4 is 11.8 Å². The summed E-state index contributed by atoms with van der Waals surface area (Å²) in [5.74, 6) is 0. The number of nitrogens with zero attached hydrogens (tertiary/aromatic N) is 1. The van der Waals surface area contributed by atoms with Crippen LogP contribution in [0.25, 0.3) is 0 Å². The van der Waals surface area contributed by atoms with E-state index in [1.807, 2.05) is 12.3 Å². The lowest BCUT2D eigenvalue weighted by Gasteiger charge is -2.10. The van der Waals surface area contributed by atoms with E-state index in [0.29, 0.717) is 0 Å². The highest BCUT2D eigenvalue weighted by molar-refractivity contribution is 7.99. The summed E-state index contributed by atoms with van der Waals surface area (Å²) < 4.78 is 0. The van der Waals surface area contributed by atoms with Crippen LogP contribution < -0.4 is 5.32 Å². The fraction of sp³-hybridized carbons (Fsp3) is 0.312. The summed E-state index contributed by atoms with van der Waals surface area (Å²) in [7, 11) is 0. The SMILES string of the molecule is CCNCc1cccnc1Sc1ccc(C)cc1C. The maximum atomic E-state index is 4.51. The molecule has 2 aromatic rings. The van der Waals surface area contributed by atoms with Crippen molar-refractivity contribution < 1.29 is 0 Å². The van der Waals surface area contributed by atoms with E-state index in [2.05, 4.69) is 55.3 Å². The van der Waals surface area contributed by atoms with E-state index >= 15 is 0 Å². The molecule has 0 fully saturated rings. The number of aromatic nitrogens is 1. The lowest BCUT2D eigenvalue weighted by molar-refractivity contribution is 0.711. The van der Waals surface area contributed by atoms with Crippen molar-refractivity contribution in [1.82, 2.24) is 10.3 Å². The third kappa shape index (κ3) is 3.82. The van der Waals surface area contributed by atoms with Crippen LogP contribution in [0.3, 0.4) is 0 Å². The van der Waals surface area contributed by atoms with Gasteiger partial charge < -0.3 is 5.32 Å². The van der Waals surface area contributed by atoms with Gasteiger partial charge in [-0.2, -0.15) is 0 Å². The average Bonchev–Trinajstić information content (AvgIpc) is 2.41. The lowest BCUT2D eigenvalue weighted by atomic mass is 10.2. The van der Waals surface area contributed by atoms with Gasteiger partial charge in [0.1, 0.15) is 5.03 Å². The second-order valence-corrected chi connectivity index (χ2v) is 5.65. The van der Waals surface area contributed by atoms with Gasteiger partial charge in [0.2, 0.25) is 0 Å². The van der Waals surface area contributed by atoms with Gasteiger partial charge in [-0.1, -0.05) is 42.4 Å². The van der Waals surface area contributed by atoms with Gasteiger partial charge in [0, 0.05) is 17.6 Å². The molecule has 0 amide bonds. The monoisotopic (exact) mass is 272 g/mol. The van der Waals surface area contributed by atoms with Gasteiger partial charge in [-0.25, -0.2) is 4.98 Å². The smallest absolute Gasteiger partial charge is 0.105 e. The van der Waals surface area contributed by atoms with Gasteiger partial charge in [-0.05, 0) is 43.7 Å². The molecule has 1 heterocycles. The average molecular weight is 272 g/mol. The molecular formula is C16H20N2S. The molecule has 0 aliphatic heterocycles. The summed E-state index contributed by atoms with van der Waals surface area (Å²) in [5.41, 5.74) is 3.87. The molecule has 0 saturated carbocycles. The molecule has 1 aromatic heterocycles. The number of nitrogens with one attached hydrogen (secondary N) is 1. The Morgan fingerprint density at radius 2 is 2.05 bits per heavy atom. The number of benzene rings is 1. The van der Waals surface area contributed by atoms with Crippen LogP contribution in [0.4, 0.5) is 0 Å². The summed E-state index contributed by atoms with van der Waals surface area (Å²) >= 11 is 1.75. The van der Waals surface area contributed by atoms with E-state index in [1.165, 1.54) is 21.6 Å². The van der Waals surface area contributed by atoms with Crippen molar-refractivity contribution in [2.75, 3.05) is 6.54 Å². The van der Waals surface area contributed by atoms with Gasteiger partial charge in [0.15, 0.2) is 0 Å². The van der Waals surface area contributed by atoms with Crippen LogP contribution in [0.15, 0.2) is 46.5 Å². The topological polar surface area (TPSA) is 24.9 Å². The zero-order chi connectivity index (χ0) is 13.7. The Balaban J connectivity index is 2.22. The van der Waals surface area contributed by atoms with Crippen molar-refractivity contribution in [2.45, 2.75) is 37.2 Å². The van der Waals surface area contributed by atoms with Crippen molar-refractivity contribution in [3.05, 3.63) is 53.2 Å². The zero-order valence-electron chi connectivity index (χ0n) is 11.7. The number of aryl methyl sites for hydroxylation is 2. The van der Waals surface area contributed by atoms with Crippen LogP contribution >= 0.6 is 11.8 Å².